The van der Waals surface area contributed by atoms with E-state index in [0.29, 0.717) is 18.3 Å². The molecule has 1 aliphatic heterocycles. The van der Waals surface area contributed by atoms with Crippen molar-refractivity contribution in [2.24, 2.45) is 11.8 Å². The molecule has 1 aromatic rings. The predicted molar refractivity (Wildman–Crippen MR) is 82.5 cm³/mol. The Balaban J connectivity index is 1.67. The van der Waals surface area contributed by atoms with Crippen molar-refractivity contribution in [3.63, 3.8) is 0 Å². The SMILES string of the molecule is OCCC#Cc1ccccc1CN1CC2CCC(O)C2C1. The molecule has 0 amide bonds. The van der Waals surface area contributed by atoms with Crippen molar-refractivity contribution in [1.29, 1.82) is 0 Å². The summed E-state index contributed by atoms with van der Waals surface area (Å²) in [6.45, 7) is 3.12. The molecule has 3 unspecified atom stereocenters. The van der Waals surface area contributed by atoms with Crippen LogP contribution < -0.4 is 0 Å². The Morgan fingerprint density at radius 2 is 2.05 bits per heavy atom. The fourth-order valence-electron chi connectivity index (χ4n) is 3.69. The molecule has 1 saturated carbocycles. The number of hydrogen-bond donors (Lipinski definition) is 2. The highest BCUT2D eigenvalue weighted by atomic mass is 16.3. The standard InChI is InChI=1S/C18H23NO2/c20-10-4-3-6-14-5-1-2-7-15(14)11-19-12-16-8-9-18(21)17(16)13-19/h1-2,5,7,16-18,20-21H,4,8-13H2. The summed E-state index contributed by atoms with van der Waals surface area (Å²) in [5.74, 6) is 7.31. The maximum absolute atomic E-state index is 10.0. The second-order valence-electron chi connectivity index (χ2n) is 6.20. The summed E-state index contributed by atoms with van der Waals surface area (Å²) >= 11 is 0. The van der Waals surface area contributed by atoms with Crippen LogP contribution >= 0.6 is 0 Å². The first-order valence-electron chi connectivity index (χ1n) is 7.86. The van der Waals surface area contributed by atoms with Gasteiger partial charge in [-0.3, -0.25) is 4.90 Å². The smallest absolute Gasteiger partial charge is 0.0583 e. The van der Waals surface area contributed by atoms with Crippen LogP contribution in [-0.2, 0) is 6.54 Å². The van der Waals surface area contributed by atoms with Gasteiger partial charge in [-0.1, -0.05) is 30.0 Å². The van der Waals surface area contributed by atoms with Crippen LogP contribution in [0.1, 0.15) is 30.4 Å². The first-order chi connectivity index (χ1) is 10.3. The molecule has 3 heteroatoms. The van der Waals surface area contributed by atoms with Crippen LogP contribution in [0.15, 0.2) is 24.3 Å². The van der Waals surface area contributed by atoms with Crippen LogP contribution in [-0.4, -0.2) is 40.9 Å². The molecular formula is C18H23NO2. The maximum atomic E-state index is 10.0. The highest BCUT2D eigenvalue weighted by Crippen LogP contribution is 2.38. The third kappa shape index (κ3) is 3.29. The summed E-state index contributed by atoms with van der Waals surface area (Å²) in [5.41, 5.74) is 2.31. The fraction of sp³-hybridized carbons (Fsp3) is 0.556. The minimum Gasteiger partial charge on any atom is -0.395 e. The average molecular weight is 285 g/mol. The molecule has 1 aromatic carbocycles. The highest BCUT2D eigenvalue weighted by molar-refractivity contribution is 5.41. The Kier molecular flexibility index (Phi) is 4.60. The van der Waals surface area contributed by atoms with Gasteiger partial charge in [0.1, 0.15) is 0 Å². The Labute approximate surface area is 126 Å². The molecule has 3 nitrogen and oxygen atoms in total. The van der Waals surface area contributed by atoms with Crippen LogP contribution in [0.5, 0.6) is 0 Å². The number of aliphatic hydroxyl groups excluding tert-OH is 2. The molecule has 1 heterocycles. The molecular weight excluding hydrogens is 262 g/mol. The summed E-state index contributed by atoms with van der Waals surface area (Å²) in [5, 5.41) is 18.8. The summed E-state index contributed by atoms with van der Waals surface area (Å²) in [6.07, 6.45) is 2.57. The van der Waals surface area contributed by atoms with Crippen molar-refractivity contribution < 1.29 is 10.2 Å². The van der Waals surface area contributed by atoms with Gasteiger partial charge in [0, 0.05) is 37.5 Å². The average Bonchev–Trinajstić information content (AvgIpc) is 3.03. The van der Waals surface area contributed by atoms with Crippen molar-refractivity contribution in [3.05, 3.63) is 35.4 Å². The molecule has 21 heavy (non-hydrogen) atoms. The number of hydrogen-bond acceptors (Lipinski definition) is 3. The molecule has 0 aromatic heterocycles. The summed E-state index contributed by atoms with van der Waals surface area (Å²) in [6, 6.07) is 8.24. The number of likely N-dealkylation sites (tertiary alicyclic amines) is 1. The molecule has 0 spiro atoms. The molecule has 1 aliphatic carbocycles. The number of benzene rings is 1. The maximum Gasteiger partial charge on any atom is 0.0583 e. The van der Waals surface area contributed by atoms with Crippen molar-refractivity contribution in [2.75, 3.05) is 19.7 Å². The van der Waals surface area contributed by atoms with E-state index in [1.54, 1.807) is 0 Å². The lowest BCUT2D eigenvalue weighted by atomic mass is 10.00. The normalized spacial score (nSPS) is 28.2. The van der Waals surface area contributed by atoms with Gasteiger partial charge in [0.2, 0.25) is 0 Å². The zero-order valence-corrected chi connectivity index (χ0v) is 12.3. The lowest BCUT2D eigenvalue weighted by Gasteiger charge is -2.18. The fourth-order valence-corrected chi connectivity index (χ4v) is 3.69. The van der Waals surface area contributed by atoms with E-state index in [1.807, 2.05) is 12.1 Å². The number of aliphatic hydroxyl groups is 2. The van der Waals surface area contributed by atoms with Crippen LogP contribution in [0.25, 0.3) is 0 Å². The van der Waals surface area contributed by atoms with Gasteiger partial charge in [-0.05, 0) is 30.4 Å². The number of nitrogens with zero attached hydrogens (tertiary/aromatic N) is 1. The lowest BCUT2D eigenvalue weighted by molar-refractivity contribution is 0.123. The van der Waals surface area contributed by atoms with E-state index >= 15 is 0 Å². The Bertz CT molecular complexity index is 546. The first-order valence-corrected chi connectivity index (χ1v) is 7.86. The summed E-state index contributed by atoms with van der Waals surface area (Å²) < 4.78 is 0. The molecule has 2 fully saturated rings. The van der Waals surface area contributed by atoms with Gasteiger partial charge in [0.15, 0.2) is 0 Å². The van der Waals surface area contributed by atoms with E-state index in [1.165, 1.54) is 12.0 Å². The van der Waals surface area contributed by atoms with Gasteiger partial charge in [-0.2, -0.15) is 0 Å². The van der Waals surface area contributed by atoms with Gasteiger partial charge in [-0.15, -0.1) is 0 Å². The van der Waals surface area contributed by atoms with Gasteiger partial charge in [-0.25, -0.2) is 0 Å². The zero-order chi connectivity index (χ0) is 14.7. The number of fused-ring (bicyclic) bond motifs is 1. The molecule has 3 rings (SSSR count). The minimum absolute atomic E-state index is 0.0976. The van der Waals surface area contributed by atoms with Crippen LogP contribution in [0.4, 0.5) is 0 Å². The van der Waals surface area contributed by atoms with E-state index < -0.39 is 0 Å². The monoisotopic (exact) mass is 285 g/mol. The molecule has 0 bridgehead atoms. The molecule has 3 atom stereocenters. The van der Waals surface area contributed by atoms with Crippen LogP contribution in [0, 0.1) is 23.7 Å². The minimum atomic E-state index is -0.0976. The molecule has 112 valence electrons. The van der Waals surface area contributed by atoms with E-state index in [9.17, 15) is 5.11 Å². The quantitative estimate of drug-likeness (QED) is 0.830. The van der Waals surface area contributed by atoms with Crippen molar-refractivity contribution in [2.45, 2.75) is 31.9 Å². The Hall–Kier alpha value is -1.34. The lowest BCUT2D eigenvalue weighted by Crippen LogP contribution is -2.24. The van der Waals surface area contributed by atoms with E-state index in [4.69, 9.17) is 5.11 Å². The number of rotatable bonds is 3. The molecule has 2 N–H and O–H groups in total. The largest absolute Gasteiger partial charge is 0.395 e. The molecule has 2 aliphatic rings. The third-order valence-electron chi connectivity index (χ3n) is 4.77. The van der Waals surface area contributed by atoms with E-state index in [0.717, 1.165) is 31.6 Å². The predicted octanol–water partition coefficient (Wildman–Crippen LogP) is 1.62. The van der Waals surface area contributed by atoms with Crippen LogP contribution in [0.3, 0.4) is 0 Å². The van der Waals surface area contributed by atoms with Gasteiger partial charge in [0.25, 0.3) is 0 Å². The van der Waals surface area contributed by atoms with Crippen molar-refractivity contribution >= 4 is 0 Å². The van der Waals surface area contributed by atoms with Crippen molar-refractivity contribution in [1.82, 2.24) is 4.90 Å². The van der Waals surface area contributed by atoms with Gasteiger partial charge >= 0.3 is 0 Å². The summed E-state index contributed by atoms with van der Waals surface area (Å²) in [7, 11) is 0. The molecule has 0 radical (unpaired) electrons. The van der Waals surface area contributed by atoms with Crippen molar-refractivity contribution in [3.8, 4) is 11.8 Å². The topological polar surface area (TPSA) is 43.7 Å². The van der Waals surface area contributed by atoms with Gasteiger partial charge < -0.3 is 10.2 Å². The summed E-state index contributed by atoms with van der Waals surface area (Å²) in [4.78, 5) is 2.45. The molecule has 1 saturated heterocycles. The second-order valence-corrected chi connectivity index (χ2v) is 6.20. The zero-order valence-electron chi connectivity index (χ0n) is 12.3. The second kappa shape index (κ2) is 6.62. The highest BCUT2D eigenvalue weighted by Gasteiger charge is 2.41. The Morgan fingerprint density at radius 1 is 1.19 bits per heavy atom. The van der Waals surface area contributed by atoms with Gasteiger partial charge in [0.05, 0.1) is 12.7 Å². The van der Waals surface area contributed by atoms with Crippen LogP contribution in [0.2, 0.25) is 0 Å². The Morgan fingerprint density at radius 3 is 2.86 bits per heavy atom. The van der Waals surface area contributed by atoms with E-state index in [-0.39, 0.29) is 12.7 Å². The van der Waals surface area contributed by atoms with E-state index in [2.05, 4.69) is 28.9 Å². The third-order valence-corrected chi connectivity index (χ3v) is 4.77. The first kappa shape index (κ1) is 14.6.